The van der Waals surface area contributed by atoms with Crippen LogP contribution in [0.3, 0.4) is 0 Å². The second-order valence-corrected chi connectivity index (χ2v) is 7.27. The Balaban J connectivity index is 2.01. The monoisotopic (exact) mass is 425 g/mol. The van der Waals surface area contributed by atoms with Gasteiger partial charge >= 0.3 is 5.97 Å². The highest BCUT2D eigenvalue weighted by molar-refractivity contribution is 6.13. The van der Waals surface area contributed by atoms with E-state index in [-0.39, 0.29) is 29.2 Å². The highest BCUT2D eigenvalue weighted by atomic mass is 16.6. The van der Waals surface area contributed by atoms with Gasteiger partial charge in [0.05, 0.1) is 24.3 Å². The van der Waals surface area contributed by atoms with Crippen molar-refractivity contribution in [3.63, 3.8) is 0 Å². The van der Waals surface area contributed by atoms with Gasteiger partial charge in [-0.05, 0) is 19.1 Å². The molecule has 31 heavy (non-hydrogen) atoms. The first-order chi connectivity index (χ1) is 15.0. The summed E-state index contributed by atoms with van der Waals surface area (Å²) in [5.74, 6) is -1.06. The first kappa shape index (κ1) is 21.2. The van der Waals surface area contributed by atoms with Crippen molar-refractivity contribution >= 4 is 17.3 Å². The Morgan fingerprint density at radius 3 is 2.42 bits per heavy atom. The minimum absolute atomic E-state index is 0.0802. The Morgan fingerprint density at radius 2 is 1.77 bits per heavy atom. The number of ether oxygens (including phenoxy) is 2. The predicted molar refractivity (Wildman–Crippen MR) is 110 cm³/mol. The maximum atomic E-state index is 13.5. The number of hydrogen-bond acceptors (Lipinski definition) is 7. The van der Waals surface area contributed by atoms with Gasteiger partial charge in [-0.15, -0.1) is 0 Å². The fourth-order valence-corrected chi connectivity index (χ4v) is 4.02. The quantitative estimate of drug-likeness (QED) is 0.405. The highest BCUT2D eigenvalue weighted by Crippen LogP contribution is 2.40. The SMILES string of the molecule is CCOC(=O)c1c([C@H]2O[C@H](CO)[C@@H](O)[C@H]2O)c(C(=O)c2ccccc2)n2ccccc12. The van der Waals surface area contributed by atoms with Gasteiger partial charge in [-0.2, -0.15) is 0 Å². The maximum Gasteiger partial charge on any atom is 0.340 e. The van der Waals surface area contributed by atoms with Crippen LogP contribution in [0.1, 0.15) is 45.0 Å². The number of pyridine rings is 1. The van der Waals surface area contributed by atoms with Gasteiger partial charge in [0.2, 0.25) is 5.78 Å². The Kier molecular flexibility index (Phi) is 5.88. The van der Waals surface area contributed by atoms with Gasteiger partial charge in [-0.3, -0.25) is 4.79 Å². The molecule has 1 fully saturated rings. The first-order valence-electron chi connectivity index (χ1n) is 10.0. The zero-order valence-electron chi connectivity index (χ0n) is 16.8. The Labute approximate surface area is 178 Å². The number of aliphatic hydroxyl groups is 3. The van der Waals surface area contributed by atoms with E-state index < -0.39 is 37.0 Å². The maximum absolute atomic E-state index is 13.5. The molecule has 0 saturated carbocycles. The van der Waals surface area contributed by atoms with Crippen molar-refractivity contribution in [3.05, 3.63) is 77.1 Å². The highest BCUT2D eigenvalue weighted by Gasteiger charge is 2.47. The second-order valence-electron chi connectivity index (χ2n) is 7.27. The third-order valence-corrected chi connectivity index (χ3v) is 5.44. The fourth-order valence-electron chi connectivity index (χ4n) is 4.02. The average molecular weight is 425 g/mol. The van der Waals surface area contributed by atoms with Gasteiger partial charge in [0.25, 0.3) is 0 Å². The molecule has 1 aliphatic rings. The molecule has 0 bridgehead atoms. The van der Waals surface area contributed by atoms with Crippen LogP contribution in [-0.4, -0.2) is 63.0 Å². The number of esters is 1. The molecule has 162 valence electrons. The lowest BCUT2D eigenvalue weighted by molar-refractivity contribution is -0.0232. The Bertz CT molecular complexity index is 1110. The molecule has 1 saturated heterocycles. The van der Waals surface area contributed by atoms with Crippen LogP contribution in [0.25, 0.3) is 5.52 Å². The minimum Gasteiger partial charge on any atom is -0.462 e. The molecule has 0 aliphatic carbocycles. The Morgan fingerprint density at radius 1 is 1.06 bits per heavy atom. The number of aromatic nitrogens is 1. The number of ketones is 1. The Hall–Kier alpha value is -3.04. The topological polar surface area (TPSA) is 118 Å². The van der Waals surface area contributed by atoms with Crippen LogP contribution in [0.5, 0.6) is 0 Å². The van der Waals surface area contributed by atoms with E-state index in [1.165, 1.54) is 0 Å². The molecular formula is C23H23NO7. The van der Waals surface area contributed by atoms with Crippen LogP contribution in [0, 0.1) is 0 Å². The van der Waals surface area contributed by atoms with Crippen molar-refractivity contribution < 1.29 is 34.4 Å². The molecule has 3 heterocycles. The lowest BCUT2D eigenvalue weighted by Gasteiger charge is -2.17. The largest absolute Gasteiger partial charge is 0.462 e. The zero-order chi connectivity index (χ0) is 22.1. The standard InChI is InChI=1S/C23H23NO7/c1-2-30-23(29)16-14-10-6-7-11-24(14)18(19(26)13-8-4-3-5-9-13)17(16)22-21(28)20(27)15(12-25)31-22/h3-11,15,20-22,25,27-28H,2,12H2,1H3/t15-,20-,21-,22-/m1/s1. The molecule has 8 nitrogen and oxygen atoms in total. The molecule has 4 atom stereocenters. The van der Waals surface area contributed by atoms with Crippen LogP contribution < -0.4 is 0 Å². The number of carbonyl (C=O) groups excluding carboxylic acids is 2. The van der Waals surface area contributed by atoms with E-state index in [4.69, 9.17) is 9.47 Å². The number of carbonyl (C=O) groups is 2. The van der Waals surface area contributed by atoms with E-state index in [9.17, 15) is 24.9 Å². The zero-order valence-corrected chi connectivity index (χ0v) is 16.8. The van der Waals surface area contributed by atoms with Crippen molar-refractivity contribution in [2.75, 3.05) is 13.2 Å². The van der Waals surface area contributed by atoms with Crippen molar-refractivity contribution in [2.45, 2.75) is 31.3 Å². The summed E-state index contributed by atoms with van der Waals surface area (Å²) in [5, 5.41) is 30.5. The molecular weight excluding hydrogens is 402 g/mol. The number of aliphatic hydroxyl groups excluding tert-OH is 3. The number of hydrogen-bond donors (Lipinski definition) is 3. The lowest BCUT2D eigenvalue weighted by Crippen LogP contribution is -2.32. The van der Waals surface area contributed by atoms with Crippen LogP contribution in [-0.2, 0) is 9.47 Å². The van der Waals surface area contributed by atoms with E-state index >= 15 is 0 Å². The van der Waals surface area contributed by atoms with Crippen molar-refractivity contribution in [2.24, 2.45) is 0 Å². The number of nitrogens with zero attached hydrogens (tertiary/aromatic N) is 1. The fraction of sp³-hybridized carbons (Fsp3) is 0.304. The molecule has 0 radical (unpaired) electrons. The molecule has 1 aliphatic heterocycles. The van der Waals surface area contributed by atoms with Crippen molar-refractivity contribution in [3.8, 4) is 0 Å². The molecule has 1 aromatic carbocycles. The number of rotatable bonds is 6. The van der Waals surface area contributed by atoms with Crippen molar-refractivity contribution in [1.29, 1.82) is 0 Å². The molecule has 3 aromatic rings. The average Bonchev–Trinajstić information content (AvgIpc) is 3.28. The number of fused-ring (bicyclic) bond motifs is 1. The van der Waals surface area contributed by atoms with E-state index in [2.05, 4.69) is 0 Å². The third-order valence-electron chi connectivity index (χ3n) is 5.44. The van der Waals surface area contributed by atoms with Crippen LogP contribution in [0.2, 0.25) is 0 Å². The second kappa shape index (κ2) is 8.60. The van der Waals surface area contributed by atoms with E-state index in [0.717, 1.165) is 0 Å². The number of benzene rings is 1. The minimum atomic E-state index is -1.45. The lowest BCUT2D eigenvalue weighted by atomic mass is 9.94. The molecule has 4 rings (SSSR count). The normalized spacial score (nSPS) is 23.2. The van der Waals surface area contributed by atoms with E-state index in [1.807, 2.05) is 0 Å². The molecule has 0 amide bonds. The van der Waals surface area contributed by atoms with Crippen LogP contribution in [0.4, 0.5) is 0 Å². The molecule has 0 unspecified atom stereocenters. The summed E-state index contributed by atoms with van der Waals surface area (Å²) in [5.41, 5.74) is 1.12. The van der Waals surface area contributed by atoms with Crippen molar-refractivity contribution in [1.82, 2.24) is 4.40 Å². The third kappa shape index (κ3) is 3.53. The van der Waals surface area contributed by atoms with E-state index in [0.29, 0.717) is 11.1 Å². The molecule has 0 spiro atoms. The summed E-state index contributed by atoms with van der Waals surface area (Å²) in [7, 11) is 0. The van der Waals surface area contributed by atoms with Gasteiger partial charge in [0, 0.05) is 17.3 Å². The summed E-state index contributed by atoms with van der Waals surface area (Å²) in [4.78, 5) is 26.5. The molecule has 8 heteroatoms. The summed E-state index contributed by atoms with van der Waals surface area (Å²) >= 11 is 0. The summed E-state index contributed by atoms with van der Waals surface area (Å²) < 4.78 is 12.5. The van der Waals surface area contributed by atoms with Gasteiger partial charge in [-0.25, -0.2) is 4.79 Å². The summed E-state index contributed by atoms with van der Waals surface area (Å²) in [6, 6.07) is 13.6. The van der Waals surface area contributed by atoms with Gasteiger partial charge < -0.3 is 29.2 Å². The predicted octanol–water partition coefficient (Wildman–Crippen LogP) is 1.50. The van der Waals surface area contributed by atoms with Crippen LogP contribution >= 0.6 is 0 Å². The summed E-state index contributed by atoms with van der Waals surface area (Å²) in [6.45, 7) is 1.25. The van der Waals surface area contributed by atoms with E-state index in [1.54, 1.807) is 66.1 Å². The smallest absolute Gasteiger partial charge is 0.340 e. The summed E-state index contributed by atoms with van der Waals surface area (Å²) in [6.07, 6.45) is -3.47. The first-order valence-corrected chi connectivity index (χ1v) is 10.0. The van der Waals surface area contributed by atoms with Gasteiger partial charge in [-0.1, -0.05) is 36.4 Å². The van der Waals surface area contributed by atoms with Gasteiger partial charge in [0.15, 0.2) is 0 Å². The van der Waals surface area contributed by atoms with Gasteiger partial charge in [0.1, 0.15) is 30.1 Å². The molecule has 3 N–H and O–H groups in total. The van der Waals surface area contributed by atoms with Crippen LogP contribution in [0.15, 0.2) is 54.7 Å². The molecule has 2 aromatic heterocycles.